The Balaban J connectivity index is 1.76. The molecule has 0 saturated carbocycles. The van der Waals surface area contributed by atoms with Gasteiger partial charge in [0.15, 0.2) is 0 Å². The molecule has 2 rings (SSSR count). The number of aromatic nitrogens is 1. The van der Waals surface area contributed by atoms with Crippen LogP contribution in [0.3, 0.4) is 0 Å². The van der Waals surface area contributed by atoms with Crippen LogP contribution in [0.5, 0.6) is 0 Å². The second-order valence-corrected chi connectivity index (χ2v) is 4.24. The Morgan fingerprint density at radius 1 is 1.29 bits per heavy atom. The fraction of sp³-hybridized carbons (Fsp3) is 0.133. The molecule has 1 heterocycles. The molecular weight excluding hydrogens is 271 g/mol. The molecule has 106 valence electrons. The number of amides is 1. The minimum atomic E-state index is -0.442. The molecule has 0 fully saturated rings. The van der Waals surface area contributed by atoms with Gasteiger partial charge in [-0.3, -0.25) is 4.79 Å². The van der Waals surface area contributed by atoms with E-state index >= 15 is 0 Å². The van der Waals surface area contributed by atoms with Gasteiger partial charge in [-0.05, 0) is 30.3 Å². The van der Waals surface area contributed by atoms with Gasteiger partial charge in [0.1, 0.15) is 17.7 Å². The first-order chi connectivity index (χ1) is 10.2. The van der Waals surface area contributed by atoms with Gasteiger partial charge >= 0.3 is 0 Å². The topological polar surface area (TPSA) is 77.8 Å². The van der Waals surface area contributed by atoms with Crippen LogP contribution in [0.1, 0.15) is 15.9 Å². The van der Waals surface area contributed by atoms with Gasteiger partial charge in [-0.1, -0.05) is 6.07 Å². The van der Waals surface area contributed by atoms with Crippen LogP contribution in [-0.4, -0.2) is 24.0 Å². The molecule has 0 aliphatic rings. The Hall–Kier alpha value is -2.94. The predicted octanol–water partition coefficient (Wildman–Crippen LogP) is 1.93. The number of nitrogens with one attached hydrogen (secondary N) is 2. The van der Waals surface area contributed by atoms with Crippen LogP contribution in [0.2, 0.25) is 0 Å². The van der Waals surface area contributed by atoms with Crippen molar-refractivity contribution >= 4 is 11.7 Å². The van der Waals surface area contributed by atoms with E-state index in [0.717, 1.165) is 0 Å². The quantitative estimate of drug-likeness (QED) is 0.822. The molecule has 1 aromatic heterocycles. The van der Waals surface area contributed by atoms with Crippen molar-refractivity contribution in [2.24, 2.45) is 0 Å². The standard InChI is InChI=1S/C15H13FN4O/c16-13-3-1-2-12(8-13)15(21)19-7-6-18-14-5-4-11(9-17)10-20-14/h1-5,8,10H,6-7H2,(H,18,20)(H,19,21). The van der Waals surface area contributed by atoms with Gasteiger partial charge < -0.3 is 10.6 Å². The third-order valence-electron chi connectivity index (χ3n) is 2.70. The highest BCUT2D eigenvalue weighted by atomic mass is 19.1. The van der Waals surface area contributed by atoms with Gasteiger partial charge in [-0.15, -0.1) is 0 Å². The summed E-state index contributed by atoms with van der Waals surface area (Å²) in [5, 5.41) is 14.3. The lowest BCUT2D eigenvalue weighted by atomic mass is 10.2. The number of rotatable bonds is 5. The van der Waals surface area contributed by atoms with Crippen LogP contribution in [-0.2, 0) is 0 Å². The normalized spacial score (nSPS) is 9.71. The molecule has 0 atom stereocenters. The molecule has 0 radical (unpaired) electrons. The summed E-state index contributed by atoms with van der Waals surface area (Å²) in [5.74, 6) is -0.152. The highest BCUT2D eigenvalue weighted by molar-refractivity contribution is 5.94. The summed E-state index contributed by atoms with van der Waals surface area (Å²) in [5.41, 5.74) is 0.770. The van der Waals surface area contributed by atoms with Crippen molar-refractivity contribution in [1.29, 1.82) is 5.26 Å². The summed E-state index contributed by atoms with van der Waals surface area (Å²) < 4.78 is 13.0. The van der Waals surface area contributed by atoms with E-state index in [1.807, 2.05) is 6.07 Å². The Bertz CT molecular complexity index is 664. The van der Waals surface area contributed by atoms with E-state index in [2.05, 4.69) is 15.6 Å². The van der Waals surface area contributed by atoms with Crippen LogP contribution in [0.15, 0.2) is 42.6 Å². The Morgan fingerprint density at radius 3 is 2.81 bits per heavy atom. The van der Waals surface area contributed by atoms with Gasteiger partial charge in [0, 0.05) is 24.8 Å². The molecule has 0 bridgehead atoms. The molecule has 0 unspecified atom stereocenters. The molecule has 2 N–H and O–H groups in total. The fourth-order valence-corrected chi connectivity index (χ4v) is 1.66. The van der Waals surface area contributed by atoms with E-state index in [1.54, 1.807) is 18.2 Å². The number of benzene rings is 1. The van der Waals surface area contributed by atoms with E-state index in [0.29, 0.717) is 24.5 Å². The number of nitriles is 1. The summed E-state index contributed by atoms with van der Waals surface area (Å²) in [6, 6.07) is 10.8. The summed E-state index contributed by atoms with van der Waals surface area (Å²) in [4.78, 5) is 15.8. The van der Waals surface area contributed by atoms with Crippen molar-refractivity contribution in [1.82, 2.24) is 10.3 Å². The van der Waals surface area contributed by atoms with Crippen molar-refractivity contribution in [3.05, 3.63) is 59.5 Å². The lowest BCUT2D eigenvalue weighted by Crippen LogP contribution is -2.28. The van der Waals surface area contributed by atoms with E-state index in [-0.39, 0.29) is 11.5 Å². The summed E-state index contributed by atoms with van der Waals surface area (Å²) in [6.45, 7) is 0.844. The summed E-state index contributed by atoms with van der Waals surface area (Å²) in [7, 11) is 0. The number of nitrogens with zero attached hydrogens (tertiary/aromatic N) is 2. The van der Waals surface area contributed by atoms with Crippen LogP contribution < -0.4 is 10.6 Å². The molecular formula is C15H13FN4O. The molecule has 0 spiro atoms. The van der Waals surface area contributed by atoms with E-state index in [1.165, 1.54) is 24.4 Å². The number of carbonyl (C=O) groups is 1. The first-order valence-corrected chi connectivity index (χ1v) is 6.33. The third kappa shape index (κ3) is 4.28. The molecule has 0 saturated heterocycles. The van der Waals surface area contributed by atoms with Crippen LogP contribution in [0.4, 0.5) is 10.2 Å². The van der Waals surface area contributed by atoms with Crippen molar-refractivity contribution in [2.75, 3.05) is 18.4 Å². The lowest BCUT2D eigenvalue weighted by Gasteiger charge is -2.07. The van der Waals surface area contributed by atoms with Gasteiger partial charge in [0.25, 0.3) is 5.91 Å². The number of hydrogen-bond acceptors (Lipinski definition) is 4. The minimum Gasteiger partial charge on any atom is -0.368 e. The number of anilines is 1. The maximum atomic E-state index is 13.0. The second-order valence-electron chi connectivity index (χ2n) is 4.24. The molecule has 2 aromatic rings. The lowest BCUT2D eigenvalue weighted by molar-refractivity contribution is 0.0954. The smallest absolute Gasteiger partial charge is 0.251 e. The highest BCUT2D eigenvalue weighted by Crippen LogP contribution is 2.04. The number of pyridine rings is 1. The average Bonchev–Trinajstić information content (AvgIpc) is 2.52. The van der Waals surface area contributed by atoms with Crippen LogP contribution in [0, 0.1) is 17.1 Å². The zero-order chi connectivity index (χ0) is 15.1. The van der Waals surface area contributed by atoms with Crippen LogP contribution >= 0.6 is 0 Å². The first kappa shape index (κ1) is 14.5. The maximum Gasteiger partial charge on any atom is 0.251 e. The fourth-order valence-electron chi connectivity index (χ4n) is 1.66. The molecule has 21 heavy (non-hydrogen) atoms. The monoisotopic (exact) mass is 284 g/mol. The second kappa shape index (κ2) is 7.01. The number of carbonyl (C=O) groups excluding carboxylic acids is 1. The molecule has 6 heteroatoms. The zero-order valence-electron chi connectivity index (χ0n) is 11.1. The van der Waals surface area contributed by atoms with Gasteiger partial charge in [0.2, 0.25) is 0 Å². The van der Waals surface area contributed by atoms with Crippen molar-refractivity contribution in [3.8, 4) is 6.07 Å². The number of halogens is 1. The summed E-state index contributed by atoms with van der Waals surface area (Å²) >= 11 is 0. The van der Waals surface area contributed by atoms with Gasteiger partial charge in [-0.25, -0.2) is 9.37 Å². The maximum absolute atomic E-state index is 13.0. The summed E-state index contributed by atoms with van der Waals surface area (Å²) in [6.07, 6.45) is 1.47. The minimum absolute atomic E-state index is 0.284. The van der Waals surface area contributed by atoms with Crippen molar-refractivity contribution in [2.45, 2.75) is 0 Å². The molecule has 0 aliphatic carbocycles. The van der Waals surface area contributed by atoms with Crippen molar-refractivity contribution < 1.29 is 9.18 Å². The molecule has 1 amide bonds. The largest absolute Gasteiger partial charge is 0.368 e. The van der Waals surface area contributed by atoms with E-state index < -0.39 is 5.82 Å². The average molecular weight is 284 g/mol. The third-order valence-corrected chi connectivity index (χ3v) is 2.70. The Labute approximate surface area is 121 Å². The van der Waals surface area contributed by atoms with E-state index in [4.69, 9.17) is 5.26 Å². The van der Waals surface area contributed by atoms with E-state index in [9.17, 15) is 9.18 Å². The van der Waals surface area contributed by atoms with Crippen LogP contribution in [0.25, 0.3) is 0 Å². The Kier molecular flexibility index (Phi) is 4.83. The van der Waals surface area contributed by atoms with Gasteiger partial charge in [-0.2, -0.15) is 5.26 Å². The zero-order valence-corrected chi connectivity index (χ0v) is 11.1. The molecule has 1 aromatic carbocycles. The first-order valence-electron chi connectivity index (χ1n) is 6.33. The molecule has 0 aliphatic heterocycles. The predicted molar refractivity (Wildman–Crippen MR) is 76.2 cm³/mol. The molecule has 5 nitrogen and oxygen atoms in total. The number of hydrogen-bond donors (Lipinski definition) is 2. The van der Waals surface area contributed by atoms with Gasteiger partial charge in [0.05, 0.1) is 5.56 Å². The highest BCUT2D eigenvalue weighted by Gasteiger charge is 2.05. The Morgan fingerprint density at radius 2 is 2.14 bits per heavy atom. The SMILES string of the molecule is N#Cc1ccc(NCCNC(=O)c2cccc(F)c2)nc1. The van der Waals surface area contributed by atoms with Crippen molar-refractivity contribution in [3.63, 3.8) is 0 Å².